The van der Waals surface area contributed by atoms with Crippen molar-refractivity contribution in [3.8, 4) is 0 Å². The quantitative estimate of drug-likeness (QED) is 0.121. The number of pyridine rings is 1. The molecule has 2 aromatic heterocycles. The van der Waals surface area contributed by atoms with Gasteiger partial charge in [-0.2, -0.15) is 0 Å². The number of hydrogen-bond acceptors (Lipinski definition) is 1. The van der Waals surface area contributed by atoms with E-state index in [0.29, 0.717) is 0 Å². The Kier molecular flexibility index (Phi) is 5.15. The molecule has 0 amide bonds. The van der Waals surface area contributed by atoms with Gasteiger partial charge < -0.3 is 0 Å². The molecule has 6 aromatic carbocycles. The van der Waals surface area contributed by atoms with Crippen LogP contribution in [-0.4, -0.2) is 24.5 Å². The van der Waals surface area contributed by atoms with Crippen LogP contribution in [0.5, 0.6) is 0 Å². The molecule has 8 aromatic rings. The monoisotopic (exact) mass is 582 g/mol. The van der Waals surface area contributed by atoms with Crippen LogP contribution in [0.4, 0.5) is 0 Å². The van der Waals surface area contributed by atoms with Gasteiger partial charge in [0.1, 0.15) is 0 Å². The maximum atomic E-state index is 5.33. The molecule has 39 heavy (non-hydrogen) atoms. The Morgan fingerprint density at radius 1 is 0.513 bits per heavy atom. The van der Waals surface area contributed by atoms with Gasteiger partial charge in [-0.1, -0.05) is 0 Å². The minimum atomic E-state index is -1.98. The summed E-state index contributed by atoms with van der Waals surface area (Å²) in [5.74, 6) is 0. The number of fused-ring (bicyclic) bond motifs is 10. The Labute approximate surface area is 233 Å². The Morgan fingerprint density at radius 2 is 1.13 bits per heavy atom. The Hall–Kier alpha value is -4.00. The third-order valence-corrected chi connectivity index (χ3v) is 14.9. The second kappa shape index (κ2) is 8.76. The van der Waals surface area contributed by atoms with E-state index >= 15 is 0 Å². The average molecular weight is 582 g/mol. The molecule has 0 radical (unpaired) electrons. The molecule has 0 aliphatic heterocycles. The summed E-state index contributed by atoms with van der Waals surface area (Å²) in [6.07, 6.45) is 0. The van der Waals surface area contributed by atoms with Crippen molar-refractivity contribution in [3.05, 3.63) is 140 Å². The number of rotatable bonds is 3. The summed E-state index contributed by atoms with van der Waals surface area (Å²) in [5, 5.41) is 10.1. The molecule has 4 heteroatoms. The fraction of sp³-hybridized carbons (Fsp3) is 0. The first-order valence-corrected chi connectivity index (χ1v) is 17.1. The van der Waals surface area contributed by atoms with Crippen molar-refractivity contribution in [2.24, 2.45) is 0 Å². The van der Waals surface area contributed by atoms with Crippen molar-refractivity contribution >= 4 is 85.6 Å². The first-order valence-electron chi connectivity index (χ1n) is 13.1. The summed E-state index contributed by atoms with van der Waals surface area (Å²) in [6, 6.07) is 50.4. The van der Waals surface area contributed by atoms with Gasteiger partial charge in [-0.25, -0.2) is 0 Å². The van der Waals surface area contributed by atoms with Crippen LogP contribution in [0.15, 0.2) is 140 Å². The standard InChI is InChI=1S/C35H23N2PSe/c39-38(25-12-3-1-4-13-25,26-14-5-2-6-15-26)27-20-22-33-32(23-27)36-35-31-18-10-9-17-29(31)30-21-19-24-11-7-8-16-28(24)34(30)37(33)35/h1-23H. The van der Waals surface area contributed by atoms with Crippen molar-refractivity contribution < 1.29 is 0 Å². The molecule has 0 aliphatic rings. The van der Waals surface area contributed by atoms with E-state index in [1.54, 1.807) is 0 Å². The van der Waals surface area contributed by atoms with E-state index in [2.05, 4.69) is 159 Å². The zero-order valence-corrected chi connectivity index (χ0v) is 23.6. The van der Waals surface area contributed by atoms with E-state index in [9.17, 15) is 0 Å². The second-order valence-electron chi connectivity index (χ2n) is 9.95. The van der Waals surface area contributed by atoms with Crippen molar-refractivity contribution in [2.45, 2.75) is 0 Å². The van der Waals surface area contributed by atoms with Gasteiger partial charge in [-0.15, -0.1) is 0 Å². The molecule has 8 rings (SSSR count). The molecule has 0 aliphatic carbocycles. The molecular formula is C35H23N2PSe. The molecule has 0 saturated carbocycles. The van der Waals surface area contributed by atoms with Crippen molar-refractivity contribution in [1.82, 2.24) is 9.38 Å². The van der Waals surface area contributed by atoms with Gasteiger partial charge in [0.05, 0.1) is 0 Å². The maximum absolute atomic E-state index is 5.33. The minimum absolute atomic E-state index is 1.00. The molecule has 0 spiro atoms. The summed E-state index contributed by atoms with van der Waals surface area (Å²) in [6.45, 7) is 0. The van der Waals surface area contributed by atoms with E-state index in [4.69, 9.17) is 4.98 Å². The van der Waals surface area contributed by atoms with Gasteiger partial charge in [0, 0.05) is 0 Å². The summed E-state index contributed by atoms with van der Waals surface area (Å²) in [7, 11) is 0. The third kappa shape index (κ3) is 3.35. The Morgan fingerprint density at radius 3 is 1.85 bits per heavy atom. The topological polar surface area (TPSA) is 17.3 Å². The molecule has 0 atom stereocenters. The fourth-order valence-corrected chi connectivity index (χ4v) is 10.9. The predicted molar refractivity (Wildman–Crippen MR) is 170 cm³/mol. The fourth-order valence-electron chi connectivity index (χ4n) is 6.02. The van der Waals surface area contributed by atoms with Gasteiger partial charge in [-0.3, -0.25) is 0 Å². The van der Waals surface area contributed by atoms with E-state index < -0.39 is 5.51 Å². The van der Waals surface area contributed by atoms with Gasteiger partial charge in [0.2, 0.25) is 0 Å². The number of nitrogens with zero attached hydrogens (tertiary/aromatic N) is 2. The molecule has 2 nitrogen and oxygen atoms in total. The summed E-state index contributed by atoms with van der Waals surface area (Å²) in [5.41, 5.74) is 2.39. The summed E-state index contributed by atoms with van der Waals surface area (Å²) < 4.78 is 2.38. The van der Waals surface area contributed by atoms with Crippen molar-refractivity contribution in [1.29, 1.82) is 0 Å². The summed E-state index contributed by atoms with van der Waals surface area (Å²) >= 11 is 3.70. The van der Waals surface area contributed by atoms with Crippen LogP contribution in [0.3, 0.4) is 0 Å². The Bertz CT molecular complexity index is 2210. The van der Waals surface area contributed by atoms with E-state index in [0.717, 1.165) is 16.7 Å². The molecular weight excluding hydrogens is 558 g/mol. The molecule has 0 saturated heterocycles. The SMILES string of the molecule is [Se]=P(c1ccccc1)(c1ccccc1)c1ccc2c(c1)nc1c3ccccc3c3ccc4ccccc4c3n21. The van der Waals surface area contributed by atoms with Gasteiger partial charge in [-0.05, 0) is 0 Å². The van der Waals surface area contributed by atoms with Gasteiger partial charge in [0.15, 0.2) is 0 Å². The molecule has 0 N–H and O–H groups in total. The van der Waals surface area contributed by atoms with Crippen molar-refractivity contribution in [3.63, 3.8) is 0 Å². The molecule has 0 unspecified atom stereocenters. The number of benzene rings is 6. The second-order valence-corrected chi connectivity index (χ2v) is 16.2. The average Bonchev–Trinajstić information content (AvgIpc) is 3.40. The predicted octanol–water partition coefficient (Wildman–Crippen LogP) is 7.32. The zero-order chi connectivity index (χ0) is 26.0. The molecule has 184 valence electrons. The first kappa shape index (κ1) is 22.9. The number of imidazole rings is 1. The van der Waals surface area contributed by atoms with Gasteiger partial charge >= 0.3 is 235 Å². The van der Waals surface area contributed by atoms with Crippen LogP contribution in [0.25, 0.3) is 49.1 Å². The van der Waals surface area contributed by atoms with Crippen LogP contribution in [0.2, 0.25) is 0 Å². The third-order valence-electron chi connectivity index (χ3n) is 7.82. The molecule has 2 heterocycles. The normalized spacial score (nSPS) is 12.2. The number of aromatic nitrogens is 2. The van der Waals surface area contributed by atoms with Crippen LogP contribution < -0.4 is 15.9 Å². The first-order chi connectivity index (χ1) is 19.2. The Balaban J connectivity index is 1.51. The van der Waals surface area contributed by atoms with E-state index in [1.165, 1.54) is 48.4 Å². The van der Waals surface area contributed by atoms with E-state index in [1.807, 2.05) is 0 Å². The van der Waals surface area contributed by atoms with Crippen LogP contribution >= 0.6 is 5.51 Å². The van der Waals surface area contributed by atoms with E-state index in [-0.39, 0.29) is 0 Å². The molecule has 0 fully saturated rings. The zero-order valence-electron chi connectivity index (χ0n) is 21.0. The summed E-state index contributed by atoms with van der Waals surface area (Å²) in [4.78, 5) is 5.33. The molecule has 0 bridgehead atoms. The van der Waals surface area contributed by atoms with Crippen LogP contribution in [-0.2, 0) is 0 Å². The number of hydrogen-bond donors (Lipinski definition) is 0. The van der Waals surface area contributed by atoms with Crippen LogP contribution in [0.1, 0.15) is 0 Å². The van der Waals surface area contributed by atoms with Gasteiger partial charge in [0.25, 0.3) is 0 Å². The van der Waals surface area contributed by atoms with Crippen LogP contribution in [0, 0.1) is 0 Å². The van der Waals surface area contributed by atoms with Crippen molar-refractivity contribution in [2.75, 3.05) is 0 Å².